The maximum Gasteiger partial charge on any atom is 0.235 e. The summed E-state index contributed by atoms with van der Waals surface area (Å²) in [4.78, 5) is 11.3. The van der Waals surface area contributed by atoms with Crippen molar-refractivity contribution in [2.75, 3.05) is 18.6 Å². The minimum atomic E-state index is -3.22. The summed E-state index contributed by atoms with van der Waals surface area (Å²) in [7, 11) is -3.22. The zero-order valence-electron chi connectivity index (χ0n) is 9.29. The Bertz CT molecular complexity index is 300. The molecule has 0 radical (unpaired) electrons. The molecule has 0 aliphatic heterocycles. The molecule has 0 saturated carbocycles. The highest BCUT2D eigenvalue weighted by Crippen LogP contribution is 2.11. The Morgan fingerprint density at radius 3 is 2.33 bits per heavy atom. The number of hydrogen-bond donors (Lipinski definition) is 1. The summed E-state index contributed by atoms with van der Waals surface area (Å²) in [5, 5.41) is 2.58. The molecule has 0 bridgehead atoms. The molecule has 6 heteroatoms. The van der Waals surface area contributed by atoms with Gasteiger partial charge in [-0.1, -0.05) is 29.8 Å². The third-order valence-corrected chi connectivity index (χ3v) is 3.13. The van der Waals surface area contributed by atoms with Crippen LogP contribution in [0.25, 0.3) is 0 Å². The number of carbonyl (C=O) groups is 1. The van der Waals surface area contributed by atoms with Crippen molar-refractivity contribution >= 4 is 31.7 Å². The molecule has 0 fully saturated rings. The highest BCUT2D eigenvalue weighted by atomic mass is 79.9. The van der Waals surface area contributed by atoms with Crippen LogP contribution in [0.4, 0.5) is 0 Å². The third-order valence-electron chi connectivity index (χ3n) is 1.64. The van der Waals surface area contributed by atoms with Gasteiger partial charge in [0.2, 0.25) is 5.91 Å². The molecule has 0 aliphatic rings. The first-order valence-electron chi connectivity index (χ1n) is 4.79. The lowest BCUT2D eigenvalue weighted by Gasteiger charge is -2.12. The molecule has 1 N–H and O–H groups in total. The molecule has 0 spiro atoms. The van der Waals surface area contributed by atoms with Crippen molar-refractivity contribution in [3.8, 4) is 0 Å². The number of alkyl halides is 1. The number of amides is 1. The van der Waals surface area contributed by atoms with Crippen molar-refractivity contribution in [2.24, 2.45) is 5.92 Å². The highest BCUT2D eigenvalue weighted by Gasteiger charge is 2.12. The van der Waals surface area contributed by atoms with Crippen molar-refractivity contribution in [2.45, 2.75) is 25.1 Å². The van der Waals surface area contributed by atoms with Crippen LogP contribution in [0, 0.1) is 5.92 Å². The molecule has 0 aliphatic carbocycles. The van der Waals surface area contributed by atoms with Gasteiger partial charge in [-0.3, -0.25) is 4.79 Å². The van der Waals surface area contributed by atoms with Gasteiger partial charge >= 0.3 is 0 Å². The first-order chi connectivity index (χ1) is 6.70. The van der Waals surface area contributed by atoms with E-state index in [9.17, 15) is 13.2 Å². The third kappa shape index (κ3) is 10.2. The van der Waals surface area contributed by atoms with Crippen LogP contribution in [-0.4, -0.2) is 37.7 Å². The monoisotopic (exact) mass is 299 g/mol. The smallest absolute Gasteiger partial charge is 0.235 e. The molecule has 0 saturated heterocycles. The zero-order chi connectivity index (χ0) is 12.1. The van der Waals surface area contributed by atoms with Crippen LogP contribution >= 0.6 is 15.9 Å². The lowest BCUT2D eigenvalue weighted by molar-refractivity contribution is -0.118. The Kier molecular flexibility index (Phi) is 6.43. The van der Waals surface area contributed by atoms with Crippen LogP contribution in [-0.2, 0) is 14.6 Å². The Morgan fingerprint density at radius 1 is 1.40 bits per heavy atom. The number of halogens is 1. The first kappa shape index (κ1) is 14.9. The Labute approximate surface area is 99.9 Å². The second-order valence-electron chi connectivity index (χ2n) is 4.10. The summed E-state index contributed by atoms with van der Waals surface area (Å²) in [6.45, 7) is 4.64. The fourth-order valence-electron chi connectivity index (χ4n) is 1.11. The standard InChI is InChI=1S/C9H18BrNO3S/c1-7(2)4-8(10)5-11-9(12)6-15(3,13)14/h7-8H,4-6H2,1-3H3,(H,11,12). The van der Waals surface area contributed by atoms with Gasteiger partial charge in [-0.05, 0) is 12.3 Å². The van der Waals surface area contributed by atoms with Crippen LogP contribution in [0.3, 0.4) is 0 Å². The van der Waals surface area contributed by atoms with Crippen molar-refractivity contribution in [3.05, 3.63) is 0 Å². The minimum absolute atomic E-state index is 0.195. The molecule has 15 heavy (non-hydrogen) atoms. The van der Waals surface area contributed by atoms with E-state index in [0.717, 1.165) is 12.7 Å². The molecule has 90 valence electrons. The summed E-state index contributed by atoms with van der Waals surface area (Å²) in [5.74, 6) is -0.333. The Balaban J connectivity index is 3.81. The minimum Gasteiger partial charge on any atom is -0.354 e. The van der Waals surface area contributed by atoms with Crippen molar-refractivity contribution in [1.82, 2.24) is 5.32 Å². The quantitative estimate of drug-likeness (QED) is 0.743. The van der Waals surface area contributed by atoms with Crippen LogP contribution in [0.1, 0.15) is 20.3 Å². The molecule has 0 aromatic rings. The van der Waals surface area contributed by atoms with E-state index in [-0.39, 0.29) is 4.83 Å². The van der Waals surface area contributed by atoms with E-state index in [1.54, 1.807) is 0 Å². The average Bonchev–Trinajstić information content (AvgIpc) is 1.96. The van der Waals surface area contributed by atoms with Crippen molar-refractivity contribution < 1.29 is 13.2 Å². The van der Waals surface area contributed by atoms with Crippen LogP contribution in [0.15, 0.2) is 0 Å². The summed E-state index contributed by atoms with van der Waals surface area (Å²) >= 11 is 3.42. The van der Waals surface area contributed by atoms with Gasteiger partial charge in [0, 0.05) is 17.6 Å². The number of sulfone groups is 1. The lowest BCUT2D eigenvalue weighted by Crippen LogP contribution is -2.34. The van der Waals surface area contributed by atoms with Gasteiger partial charge in [-0.2, -0.15) is 0 Å². The summed E-state index contributed by atoms with van der Waals surface area (Å²) in [6, 6.07) is 0. The van der Waals surface area contributed by atoms with E-state index in [1.807, 2.05) is 0 Å². The second-order valence-corrected chi connectivity index (χ2v) is 7.54. The highest BCUT2D eigenvalue weighted by molar-refractivity contribution is 9.09. The maximum atomic E-state index is 11.1. The van der Waals surface area contributed by atoms with E-state index in [1.165, 1.54) is 0 Å². The summed E-state index contributed by atoms with van der Waals surface area (Å²) < 4.78 is 21.6. The molecule has 0 rings (SSSR count). The Morgan fingerprint density at radius 2 is 1.93 bits per heavy atom. The van der Waals surface area contributed by atoms with Gasteiger partial charge in [-0.15, -0.1) is 0 Å². The van der Waals surface area contributed by atoms with E-state index in [0.29, 0.717) is 12.5 Å². The van der Waals surface area contributed by atoms with Gasteiger partial charge in [-0.25, -0.2) is 8.42 Å². The predicted octanol–water partition coefficient (Wildman–Crippen LogP) is 0.957. The normalized spacial score (nSPS) is 13.9. The molecule has 4 nitrogen and oxygen atoms in total. The first-order valence-corrected chi connectivity index (χ1v) is 7.77. The number of nitrogens with one attached hydrogen (secondary N) is 1. The average molecular weight is 300 g/mol. The van der Waals surface area contributed by atoms with E-state index in [4.69, 9.17) is 0 Å². The van der Waals surface area contributed by atoms with Gasteiger partial charge in [0.15, 0.2) is 9.84 Å². The molecular weight excluding hydrogens is 282 g/mol. The zero-order valence-corrected chi connectivity index (χ0v) is 11.7. The number of carbonyl (C=O) groups excluding carboxylic acids is 1. The van der Waals surface area contributed by atoms with Gasteiger partial charge in [0.05, 0.1) is 0 Å². The maximum absolute atomic E-state index is 11.1. The largest absolute Gasteiger partial charge is 0.354 e. The van der Waals surface area contributed by atoms with Crippen LogP contribution in [0.5, 0.6) is 0 Å². The van der Waals surface area contributed by atoms with Crippen molar-refractivity contribution in [1.29, 1.82) is 0 Å². The SMILES string of the molecule is CC(C)CC(Br)CNC(=O)CS(C)(=O)=O. The van der Waals surface area contributed by atoms with E-state index < -0.39 is 21.5 Å². The van der Waals surface area contributed by atoms with Gasteiger partial charge in [0.1, 0.15) is 5.75 Å². The lowest BCUT2D eigenvalue weighted by atomic mass is 10.1. The van der Waals surface area contributed by atoms with Crippen LogP contribution < -0.4 is 5.32 Å². The molecule has 0 aromatic carbocycles. The van der Waals surface area contributed by atoms with Gasteiger partial charge in [0.25, 0.3) is 0 Å². The summed E-state index contributed by atoms with van der Waals surface area (Å²) in [5.41, 5.74) is 0. The van der Waals surface area contributed by atoms with E-state index >= 15 is 0 Å². The number of hydrogen-bond acceptors (Lipinski definition) is 3. The Hall–Kier alpha value is -0.100. The molecule has 1 unspecified atom stereocenters. The molecular formula is C9H18BrNO3S. The molecule has 1 amide bonds. The fraction of sp³-hybridized carbons (Fsp3) is 0.889. The van der Waals surface area contributed by atoms with E-state index in [2.05, 4.69) is 35.1 Å². The van der Waals surface area contributed by atoms with Gasteiger partial charge < -0.3 is 5.32 Å². The molecule has 0 heterocycles. The predicted molar refractivity (Wildman–Crippen MR) is 64.9 cm³/mol. The number of rotatable bonds is 6. The van der Waals surface area contributed by atoms with Crippen molar-refractivity contribution in [3.63, 3.8) is 0 Å². The molecule has 1 atom stereocenters. The summed E-state index contributed by atoms with van der Waals surface area (Å²) in [6.07, 6.45) is 1.99. The van der Waals surface area contributed by atoms with Crippen LogP contribution in [0.2, 0.25) is 0 Å². The molecule has 0 aromatic heterocycles. The fourth-order valence-corrected chi connectivity index (χ4v) is 2.60. The topological polar surface area (TPSA) is 63.2 Å². The second kappa shape index (κ2) is 6.48.